The van der Waals surface area contributed by atoms with Crippen LogP contribution in [0.25, 0.3) is 0 Å². The first kappa shape index (κ1) is 20.4. The van der Waals surface area contributed by atoms with Gasteiger partial charge in [-0.15, -0.1) is 0 Å². The number of alkyl halides is 3. The van der Waals surface area contributed by atoms with Gasteiger partial charge in [0.25, 0.3) is 5.91 Å². The van der Waals surface area contributed by atoms with Crippen molar-refractivity contribution in [1.29, 1.82) is 0 Å². The van der Waals surface area contributed by atoms with Crippen LogP contribution >= 0.6 is 0 Å². The number of nitrogens with one attached hydrogen (secondary N) is 3. The zero-order valence-corrected chi connectivity index (χ0v) is 15.0. The second-order valence-corrected chi connectivity index (χ2v) is 5.89. The molecule has 0 aliphatic heterocycles. The molecule has 1 heterocycles. The first-order valence-corrected chi connectivity index (χ1v) is 8.03. The number of benzene rings is 1. The fourth-order valence-corrected chi connectivity index (χ4v) is 2.13. The van der Waals surface area contributed by atoms with Crippen molar-refractivity contribution in [1.82, 2.24) is 15.5 Å². The average Bonchev–Trinajstić information content (AvgIpc) is 3.04. The topological polar surface area (TPSA) is 91.4 Å². The van der Waals surface area contributed by atoms with Crippen molar-refractivity contribution >= 4 is 17.7 Å². The normalized spacial score (nSPS) is 13.3. The number of aliphatic imine (C=N–C) groups is 1. The Labute approximate surface area is 154 Å². The van der Waals surface area contributed by atoms with Crippen molar-refractivity contribution in [3.05, 3.63) is 47.2 Å². The number of ether oxygens (including phenoxy) is 1. The van der Waals surface area contributed by atoms with Crippen molar-refractivity contribution in [2.45, 2.75) is 26.1 Å². The van der Waals surface area contributed by atoms with E-state index < -0.39 is 17.8 Å². The second kappa shape index (κ2) is 8.67. The summed E-state index contributed by atoms with van der Waals surface area (Å²) in [5.41, 5.74) is 0.357. The largest absolute Gasteiger partial charge is 0.432 e. The minimum Gasteiger partial charge on any atom is -0.382 e. The van der Waals surface area contributed by atoms with Crippen molar-refractivity contribution in [2.24, 2.45) is 4.99 Å². The van der Waals surface area contributed by atoms with Gasteiger partial charge in [-0.3, -0.25) is 15.2 Å². The van der Waals surface area contributed by atoms with Crippen LogP contribution in [0.15, 0.2) is 35.3 Å². The molecule has 0 aliphatic rings. The SMILES string of the molecule is COC[C@H](C)N=C(NC(=O)c1ccc(C)cc1)Nc1cc(C(F)(F)F)[nH]n1. The second-order valence-electron chi connectivity index (χ2n) is 5.89. The predicted molar refractivity (Wildman–Crippen MR) is 94.6 cm³/mol. The van der Waals surface area contributed by atoms with Crippen LogP contribution in [-0.4, -0.2) is 41.8 Å². The summed E-state index contributed by atoms with van der Waals surface area (Å²) in [6, 6.07) is 7.26. The standard InChI is InChI=1S/C17H20F3N5O2/c1-10-4-6-12(7-5-10)15(26)23-16(21-11(2)9-27-3)22-14-8-13(24-25-14)17(18,19)20/h4-8,11H,9H2,1-3H3,(H3,21,22,23,24,25,26)/t11-/m0/s1. The minimum absolute atomic E-state index is 0.0367. The first-order valence-electron chi connectivity index (χ1n) is 8.03. The number of aromatic nitrogens is 2. The summed E-state index contributed by atoms with van der Waals surface area (Å²) in [5, 5.41) is 10.6. The molecule has 0 radical (unpaired) electrons. The third kappa shape index (κ3) is 6.10. The molecular formula is C17H20F3N5O2. The van der Waals surface area contributed by atoms with E-state index in [-0.39, 0.29) is 24.4 Å². The number of nitrogens with zero attached hydrogens (tertiary/aromatic N) is 2. The van der Waals surface area contributed by atoms with E-state index in [1.807, 2.05) is 12.0 Å². The highest BCUT2D eigenvalue weighted by Gasteiger charge is 2.33. The Kier molecular flexibility index (Phi) is 6.56. The summed E-state index contributed by atoms with van der Waals surface area (Å²) in [6.07, 6.45) is -4.56. The van der Waals surface area contributed by atoms with Crippen molar-refractivity contribution in [3.63, 3.8) is 0 Å². The molecule has 27 heavy (non-hydrogen) atoms. The van der Waals surface area contributed by atoms with Gasteiger partial charge in [-0.05, 0) is 26.0 Å². The number of amides is 1. The van der Waals surface area contributed by atoms with Crippen molar-refractivity contribution in [3.8, 4) is 0 Å². The lowest BCUT2D eigenvalue weighted by Crippen LogP contribution is -2.37. The fraction of sp³-hybridized carbons (Fsp3) is 0.353. The van der Waals surface area contributed by atoms with Crippen molar-refractivity contribution in [2.75, 3.05) is 19.0 Å². The molecule has 1 atom stereocenters. The van der Waals surface area contributed by atoms with Crippen LogP contribution in [0.1, 0.15) is 28.5 Å². The highest BCUT2D eigenvalue weighted by atomic mass is 19.4. The quantitative estimate of drug-likeness (QED) is 0.547. The number of methoxy groups -OCH3 is 1. The number of H-pyrrole nitrogens is 1. The maximum absolute atomic E-state index is 12.7. The number of anilines is 1. The van der Waals surface area contributed by atoms with Crippen LogP contribution in [0.3, 0.4) is 0 Å². The van der Waals surface area contributed by atoms with Crippen LogP contribution in [0.4, 0.5) is 19.0 Å². The molecular weight excluding hydrogens is 363 g/mol. The molecule has 7 nitrogen and oxygen atoms in total. The predicted octanol–water partition coefficient (Wildman–Crippen LogP) is 2.97. The number of hydrogen-bond donors (Lipinski definition) is 3. The number of aryl methyl sites for hydroxylation is 1. The molecule has 0 saturated carbocycles. The summed E-state index contributed by atoms with van der Waals surface area (Å²) >= 11 is 0. The Morgan fingerprint density at radius 2 is 2.00 bits per heavy atom. The van der Waals surface area contributed by atoms with E-state index in [9.17, 15) is 18.0 Å². The molecule has 10 heteroatoms. The van der Waals surface area contributed by atoms with Crippen molar-refractivity contribution < 1.29 is 22.7 Å². The monoisotopic (exact) mass is 383 g/mol. The first-order chi connectivity index (χ1) is 12.7. The van der Waals surface area contributed by atoms with E-state index in [4.69, 9.17) is 4.74 Å². The van der Waals surface area contributed by atoms with Gasteiger partial charge in [0.15, 0.2) is 5.82 Å². The molecule has 2 aromatic rings. The lowest BCUT2D eigenvalue weighted by Gasteiger charge is -2.13. The van der Waals surface area contributed by atoms with Crippen LogP contribution < -0.4 is 10.6 Å². The Bertz CT molecular complexity index is 800. The van der Waals surface area contributed by atoms with Crippen LogP contribution in [0, 0.1) is 6.92 Å². The van der Waals surface area contributed by atoms with E-state index in [1.165, 1.54) is 7.11 Å². The van der Waals surface area contributed by atoms with Crippen LogP contribution in [-0.2, 0) is 10.9 Å². The molecule has 0 spiro atoms. The lowest BCUT2D eigenvalue weighted by molar-refractivity contribution is -0.141. The van der Waals surface area contributed by atoms with Gasteiger partial charge in [0, 0.05) is 18.7 Å². The number of aromatic amines is 1. The van der Waals surface area contributed by atoms with E-state index >= 15 is 0 Å². The molecule has 0 fully saturated rings. The molecule has 0 unspecified atom stereocenters. The average molecular weight is 383 g/mol. The van der Waals surface area contributed by atoms with Gasteiger partial charge >= 0.3 is 6.18 Å². The number of guanidine groups is 1. The molecule has 1 amide bonds. The Hall–Kier alpha value is -2.88. The van der Waals surface area contributed by atoms with E-state index in [2.05, 4.69) is 20.7 Å². The number of carbonyl (C=O) groups excluding carboxylic acids is 1. The van der Waals surface area contributed by atoms with E-state index in [0.29, 0.717) is 5.56 Å². The van der Waals surface area contributed by atoms with E-state index in [1.54, 1.807) is 31.2 Å². The van der Waals surface area contributed by atoms with Crippen LogP contribution in [0.2, 0.25) is 0 Å². The zero-order chi connectivity index (χ0) is 20.0. The summed E-state index contributed by atoms with van der Waals surface area (Å²) in [6.45, 7) is 3.88. The highest BCUT2D eigenvalue weighted by Crippen LogP contribution is 2.28. The molecule has 0 bridgehead atoms. The highest BCUT2D eigenvalue weighted by molar-refractivity contribution is 6.09. The summed E-state index contributed by atoms with van der Waals surface area (Å²) < 4.78 is 43.1. The number of hydrogen-bond acceptors (Lipinski definition) is 4. The third-order valence-electron chi connectivity index (χ3n) is 3.43. The maximum atomic E-state index is 12.7. The number of rotatable bonds is 5. The number of halogens is 3. The third-order valence-corrected chi connectivity index (χ3v) is 3.43. The number of carbonyl (C=O) groups is 1. The van der Waals surface area contributed by atoms with E-state index in [0.717, 1.165) is 11.6 Å². The Balaban J connectivity index is 2.19. The summed E-state index contributed by atoms with van der Waals surface area (Å²) in [5.74, 6) is -0.627. The smallest absolute Gasteiger partial charge is 0.382 e. The molecule has 2 rings (SSSR count). The fourth-order valence-electron chi connectivity index (χ4n) is 2.13. The summed E-state index contributed by atoms with van der Waals surface area (Å²) in [4.78, 5) is 16.6. The Morgan fingerprint density at radius 3 is 2.56 bits per heavy atom. The van der Waals surface area contributed by atoms with Gasteiger partial charge in [-0.25, -0.2) is 4.99 Å². The van der Waals surface area contributed by atoms with Gasteiger partial charge in [0.2, 0.25) is 5.96 Å². The van der Waals surface area contributed by atoms with Crippen LogP contribution in [0.5, 0.6) is 0 Å². The summed E-state index contributed by atoms with van der Waals surface area (Å²) in [7, 11) is 1.49. The maximum Gasteiger partial charge on any atom is 0.432 e. The zero-order valence-electron chi connectivity index (χ0n) is 15.0. The molecule has 0 saturated heterocycles. The van der Waals surface area contributed by atoms with Gasteiger partial charge in [-0.2, -0.15) is 18.3 Å². The minimum atomic E-state index is -4.56. The molecule has 1 aromatic heterocycles. The van der Waals surface area contributed by atoms with Gasteiger partial charge in [0.05, 0.1) is 12.6 Å². The van der Waals surface area contributed by atoms with Gasteiger partial charge in [0.1, 0.15) is 5.69 Å². The molecule has 3 N–H and O–H groups in total. The Morgan fingerprint density at radius 1 is 1.33 bits per heavy atom. The molecule has 0 aliphatic carbocycles. The van der Waals surface area contributed by atoms with Gasteiger partial charge < -0.3 is 10.1 Å². The molecule has 1 aromatic carbocycles. The lowest BCUT2D eigenvalue weighted by atomic mass is 10.1. The van der Waals surface area contributed by atoms with Gasteiger partial charge in [-0.1, -0.05) is 17.7 Å². The molecule has 146 valence electrons.